The Bertz CT molecular complexity index is 671. The number of benzene rings is 2. The topological polar surface area (TPSA) is 39.7 Å². The molecule has 25 heavy (non-hydrogen) atoms. The zero-order valence-electron chi connectivity index (χ0n) is 15.3. The van der Waals surface area contributed by atoms with Crippen LogP contribution in [0, 0.1) is 0 Å². The minimum atomic E-state index is 0.0377. The van der Waals surface area contributed by atoms with Crippen molar-refractivity contribution in [3.05, 3.63) is 52.5 Å². The van der Waals surface area contributed by atoms with E-state index < -0.39 is 0 Å². The summed E-state index contributed by atoms with van der Waals surface area (Å²) in [5.41, 5.74) is 2.25. The first-order valence-corrected chi connectivity index (χ1v) is 8.86. The summed E-state index contributed by atoms with van der Waals surface area (Å²) in [5.74, 6) is 2.15. The van der Waals surface area contributed by atoms with Gasteiger partial charge in [-0.2, -0.15) is 0 Å². The third kappa shape index (κ3) is 5.83. The van der Waals surface area contributed by atoms with Gasteiger partial charge in [0.25, 0.3) is 0 Å². The average Bonchev–Trinajstić information content (AvgIpc) is 2.58. The van der Waals surface area contributed by atoms with Crippen molar-refractivity contribution in [3.8, 4) is 17.2 Å². The summed E-state index contributed by atoms with van der Waals surface area (Å²) < 4.78 is 16.7. The Morgan fingerprint density at radius 3 is 2.32 bits per heavy atom. The Labute approximate surface area is 155 Å². The Kier molecular flexibility index (Phi) is 7.41. The molecule has 0 aliphatic heterocycles. The summed E-state index contributed by atoms with van der Waals surface area (Å²) in [5, 5.41) is 3.99. The quantitative estimate of drug-likeness (QED) is 0.693. The molecule has 2 rings (SSSR count). The Hall–Kier alpha value is -1.91. The molecule has 0 aliphatic carbocycles. The van der Waals surface area contributed by atoms with Gasteiger partial charge in [0.1, 0.15) is 5.75 Å². The lowest BCUT2D eigenvalue weighted by Crippen LogP contribution is -2.13. The van der Waals surface area contributed by atoms with Gasteiger partial charge >= 0.3 is 0 Å². The number of methoxy groups -OCH3 is 1. The Balaban J connectivity index is 2.03. The van der Waals surface area contributed by atoms with E-state index in [2.05, 4.69) is 5.32 Å². The van der Waals surface area contributed by atoms with Crippen molar-refractivity contribution in [2.45, 2.75) is 40.0 Å². The third-order valence-electron chi connectivity index (χ3n) is 3.54. The molecule has 0 heterocycles. The molecule has 0 fully saturated rings. The number of hydrogen-bond donors (Lipinski definition) is 1. The number of halogens is 1. The first-order valence-electron chi connectivity index (χ1n) is 8.49. The van der Waals surface area contributed by atoms with Crippen LogP contribution in [-0.2, 0) is 13.1 Å². The molecule has 0 saturated carbocycles. The van der Waals surface area contributed by atoms with E-state index in [4.69, 9.17) is 25.8 Å². The smallest absolute Gasteiger partial charge is 0.180 e. The predicted molar refractivity (Wildman–Crippen MR) is 102 cm³/mol. The second-order valence-electron chi connectivity index (χ2n) is 5.96. The van der Waals surface area contributed by atoms with Crippen LogP contribution in [0.1, 0.15) is 31.9 Å². The van der Waals surface area contributed by atoms with Crippen molar-refractivity contribution >= 4 is 11.6 Å². The van der Waals surface area contributed by atoms with Crippen LogP contribution in [0.4, 0.5) is 0 Å². The first kappa shape index (κ1) is 19.4. The lowest BCUT2D eigenvalue weighted by atomic mass is 10.1. The van der Waals surface area contributed by atoms with Crippen molar-refractivity contribution in [1.29, 1.82) is 0 Å². The zero-order chi connectivity index (χ0) is 18.2. The van der Waals surface area contributed by atoms with Crippen molar-refractivity contribution in [2.24, 2.45) is 0 Å². The lowest BCUT2D eigenvalue weighted by molar-refractivity contribution is 0.224. The van der Waals surface area contributed by atoms with E-state index in [1.54, 1.807) is 7.11 Å². The van der Waals surface area contributed by atoms with Gasteiger partial charge in [0, 0.05) is 13.1 Å². The van der Waals surface area contributed by atoms with Crippen LogP contribution >= 0.6 is 11.6 Å². The molecule has 2 aromatic carbocycles. The second kappa shape index (κ2) is 9.54. The molecule has 0 bridgehead atoms. The predicted octanol–water partition coefficient (Wildman–Crippen LogP) is 4.82. The molecule has 2 aromatic rings. The molecule has 0 spiro atoms. The molecule has 0 unspecified atom stereocenters. The number of hydrogen-bond acceptors (Lipinski definition) is 4. The summed E-state index contributed by atoms with van der Waals surface area (Å²) in [6.45, 7) is 7.89. The highest BCUT2D eigenvalue weighted by Gasteiger charge is 2.14. The molecule has 0 radical (unpaired) electrons. The van der Waals surface area contributed by atoms with E-state index in [0.29, 0.717) is 29.7 Å². The molecule has 1 N–H and O–H groups in total. The van der Waals surface area contributed by atoms with Gasteiger partial charge < -0.3 is 19.5 Å². The molecule has 0 aliphatic rings. The number of nitrogens with one attached hydrogen (secondary N) is 1. The minimum Gasteiger partial charge on any atom is -0.497 e. The third-order valence-corrected chi connectivity index (χ3v) is 3.82. The van der Waals surface area contributed by atoms with Crippen LogP contribution in [0.5, 0.6) is 17.2 Å². The summed E-state index contributed by atoms with van der Waals surface area (Å²) in [7, 11) is 1.67. The molecular weight excluding hydrogens is 338 g/mol. The van der Waals surface area contributed by atoms with E-state index in [1.165, 1.54) is 5.56 Å². The highest BCUT2D eigenvalue weighted by molar-refractivity contribution is 6.32. The van der Waals surface area contributed by atoms with Crippen LogP contribution in [0.15, 0.2) is 36.4 Å². The van der Waals surface area contributed by atoms with Crippen LogP contribution in [0.3, 0.4) is 0 Å². The molecule has 4 nitrogen and oxygen atoms in total. The molecule has 0 atom stereocenters. The molecule has 136 valence electrons. The average molecular weight is 364 g/mol. The Morgan fingerprint density at radius 2 is 1.72 bits per heavy atom. The van der Waals surface area contributed by atoms with Gasteiger partial charge in [0.05, 0.1) is 24.8 Å². The summed E-state index contributed by atoms with van der Waals surface area (Å²) in [6.07, 6.45) is 0.0377. The van der Waals surface area contributed by atoms with Crippen LogP contribution in [-0.4, -0.2) is 19.8 Å². The zero-order valence-corrected chi connectivity index (χ0v) is 16.0. The van der Waals surface area contributed by atoms with E-state index >= 15 is 0 Å². The van der Waals surface area contributed by atoms with Crippen molar-refractivity contribution < 1.29 is 14.2 Å². The lowest BCUT2D eigenvalue weighted by Gasteiger charge is -2.17. The fourth-order valence-corrected chi connectivity index (χ4v) is 2.71. The monoisotopic (exact) mass is 363 g/mol. The van der Waals surface area contributed by atoms with Gasteiger partial charge in [-0.1, -0.05) is 23.7 Å². The van der Waals surface area contributed by atoms with Gasteiger partial charge in [0.2, 0.25) is 0 Å². The van der Waals surface area contributed by atoms with E-state index in [-0.39, 0.29) is 6.10 Å². The van der Waals surface area contributed by atoms with Crippen molar-refractivity contribution in [2.75, 3.05) is 13.7 Å². The summed E-state index contributed by atoms with van der Waals surface area (Å²) in [6, 6.07) is 11.9. The largest absolute Gasteiger partial charge is 0.497 e. The highest BCUT2D eigenvalue weighted by Crippen LogP contribution is 2.37. The van der Waals surface area contributed by atoms with Crippen LogP contribution in [0.2, 0.25) is 5.02 Å². The van der Waals surface area contributed by atoms with Gasteiger partial charge in [-0.3, -0.25) is 0 Å². The number of rotatable bonds is 9. The summed E-state index contributed by atoms with van der Waals surface area (Å²) >= 11 is 6.40. The maximum atomic E-state index is 6.40. The standard InChI is InChI=1S/C20H26ClNO3/c1-5-24-19-11-16(10-18(21)20(19)25-14(2)3)13-22-12-15-6-8-17(23-4)9-7-15/h6-11,14,22H,5,12-13H2,1-4H3. The molecular formula is C20H26ClNO3. The van der Waals surface area contributed by atoms with Gasteiger partial charge in [-0.05, 0) is 56.2 Å². The minimum absolute atomic E-state index is 0.0377. The molecule has 0 saturated heterocycles. The van der Waals surface area contributed by atoms with Gasteiger partial charge in [-0.25, -0.2) is 0 Å². The molecule has 5 heteroatoms. The Morgan fingerprint density at radius 1 is 1.04 bits per heavy atom. The van der Waals surface area contributed by atoms with Crippen LogP contribution < -0.4 is 19.5 Å². The SMILES string of the molecule is CCOc1cc(CNCc2ccc(OC)cc2)cc(Cl)c1OC(C)C. The number of ether oxygens (including phenoxy) is 3. The normalized spacial score (nSPS) is 10.8. The maximum Gasteiger partial charge on any atom is 0.180 e. The van der Waals surface area contributed by atoms with Gasteiger partial charge in [0.15, 0.2) is 11.5 Å². The molecule has 0 amide bonds. The highest BCUT2D eigenvalue weighted by atomic mass is 35.5. The van der Waals surface area contributed by atoms with E-state index in [9.17, 15) is 0 Å². The first-order chi connectivity index (χ1) is 12.0. The second-order valence-corrected chi connectivity index (χ2v) is 6.36. The fraction of sp³-hybridized carbons (Fsp3) is 0.400. The maximum absolute atomic E-state index is 6.40. The molecule has 0 aromatic heterocycles. The van der Waals surface area contributed by atoms with Crippen molar-refractivity contribution in [3.63, 3.8) is 0 Å². The van der Waals surface area contributed by atoms with Crippen molar-refractivity contribution in [1.82, 2.24) is 5.32 Å². The van der Waals surface area contributed by atoms with E-state index in [0.717, 1.165) is 17.9 Å². The summed E-state index contributed by atoms with van der Waals surface area (Å²) in [4.78, 5) is 0. The van der Waals surface area contributed by atoms with Gasteiger partial charge in [-0.15, -0.1) is 0 Å². The van der Waals surface area contributed by atoms with Crippen LogP contribution in [0.25, 0.3) is 0 Å². The van der Waals surface area contributed by atoms with E-state index in [1.807, 2.05) is 57.2 Å². The fourth-order valence-electron chi connectivity index (χ4n) is 2.43.